The van der Waals surface area contributed by atoms with Gasteiger partial charge in [0.2, 0.25) is 11.8 Å². The molecule has 7 heteroatoms. The summed E-state index contributed by atoms with van der Waals surface area (Å²) in [5, 5.41) is 7.36. The van der Waals surface area contributed by atoms with Crippen LogP contribution in [-0.2, 0) is 16.6 Å². The zero-order valence-corrected chi connectivity index (χ0v) is 17.9. The normalized spacial score (nSPS) is 26.2. The minimum absolute atomic E-state index is 0.00658. The lowest BCUT2D eigenvalue weighted by atomic mass is 9.93. The molecule has 4 atom stereocenters. The maximum absolute atomic E-state index is 13.1. The Labute approximate surface area is 176 Å². The molecule has 2 fully saturated rings. The number of carbonyl (C=O) groups excluding carboxylic acids is 2. The summed E-state index contributed by atoms with van der Waals surface area (Å²) in [6.07, 6.45) is 4.94. The topological polar surface area (TPSA) is 67.2 Å². The summed E-state index contributed by atoms with van der Waals surface area (Å²) in [5.74, 6) is -0.0923. The molecule has 0 unspecified atom stereocenters. The van der Waals surface area contributed by atoms with Gasteiger partial charge in [-0.3, -0.25) is 14.3 Å². The molecular weight excluding hydrogens is 383 g/mol. The van der Waals surface area contributed by atoms with Crippen molar-refractivity contribution in [1.82, 2.24) is 20.0 Å². The van der Waals surface area contributed by atoms with E-state index in [9.17, 15) is 14.0 Å². The summed E-state index contributed by atoms with van der Waals surface area (Å²) in [6.45, 7) is 6.55. The number of aromatic nitrogens is 2. The zero-order chi connectivity index (χ0) is 21.6. The summed E-state index contributed by atoms with van der Waals surface area (Å²) < 4.78 is 14.9. The summed E-state index contributed by atoms with van der Waals surface area (Å²) >= 11 is 0. The maximum Gasteiger partial charge on any atom is 0.223 e. The summed E-state index contributed by atoms with van der Waals surface area (Å²) in [5.41, 5.74) is 1.67. The molecule has 2 aromatic rings. The number of hydrogen-bond acceptors (Lipinski definition) is 3. The summed E-state index contributed by atoms with van der Waals surface area (Å²) in [6, 6.07) is 6.27. The standard InChI is InChI=1S/C23H29FN4O2/c1-23(2,3)28-20(29)9-15(21(28)16-12-26-27(4)13-16)11-25-22(30)19-10-18(19)14-5-7-17(24)8-6-14/h5-8,12-13,15,18-19,21H,9-11H2,1-4H3,(H,25,30)/t15-,18+,19+,21+/m0/s1. The SMILES string of the molecule is Cn1cc([C@H]2[C@H](CNC(=O)[C@@H]3C[C@@H]3c3ccc(F)cc3)CC(=O)N2C(C)(C)C)cn1. The first kappa shape index (κ1) is 20.6. The predicted octanol–water partition coefficient (Wildman–Crippen LogP) is 3.17. The minimum atomic E-state index is -0.319. The highest BCUT2D eigenvalue weighted by atomic mass is 19.1. The Balaban J connectivity index is 1.43. The molecule has 4 rings (SSSR count). The largest absolute Gasteiger partial charge is 0.355 e. The Hall–Kier alpha value is -2.70. The molecule has 0 spiro atoms. The molecule has 1 saturated carbocycles. The molecule has 1 aromatic heterocycles. The van der Waals surface area contributed by atoms with Crippen molar-refractivity contribution >= 4 is 11.8 Å². The van der Waals surface area contributed by atoms with Crippen LogP contribution in [0.4, 0.5) is 4.39 Å². The van der Waals surface area contributed by atoms with Crippen LogP contribution >= 0.6 is 0 Å². The average Bonchev–Trinajstić information content (AvgIpc) is 3.23. The number of carbonyl (C=O) groups is 2. The number of benzene rings is 1. The van der Waals surface area contributed by atoms with Crippen LogP contribution in [0.2, 0.25) is 0 Å². The van der Waals surface area contributed by atoms with E-state index in [1.807, 2.05) is 45.1 Å². The van der Waals surface area contributed by atoms with Crippen molar-refractivity contribution in [1.29, 1.82) is 0 Å². The Bertz CT molecular complexity index is 947. The number of likely N-dealkylation sites (tertiary alicyclic amines) is 1. The highest BCUT2D eigenvalue weighted by molar-refractivity contribution is 5.83. The van der Waals surface area contributed by atoms with Gasteiger partial charge in [-0.25, -0.2) is 4.39 Å². The molecular formula is C23H29FN4O2. The van der Waals surface area contributed by atoms with Crippen molar-refractivity contribution in [2.75, 3.05) is 6.54 Å². The van der Waals surface area contributed by atoms with E-state index < -0.39 is 0 Å². The third-order valence-electron chi connectivity index (χ3n) is 6.18. The summed E-state index contributed by atoms with van der Waals surface area (Å²) in [7, 11) is 1.86. The van der Waals surface area contributed by atoms with Gasteiger partial charge in [-0.05, 0) is 50.8 Å². The first-order chi connectivity index (χ1) is 14.1. The van der Waals surface area contributed by atoms with E-state index in [-0.39, 0.29) is 47.0 Å². The second-order valence-corrected chi connectivity index (χ2v) is 9.54. The number of amides is 2. The van der Waals surface area contributed by atoms with Crippen LogP contribution in [0, 0.1) is 17.7 Å². The van der Waals surface area contributed by atoms with Crippen LogP contribution in [0.3, 0.4) is 0 Å². The van der Waals surface area contributed by atoms with Crippen molar-refractivity contribution in [3.05, 3.63) is 53.6 Å². The minimum Gasteiger partial charge on any atom is -0.355 e. The molecule has 1 aliphatic carbocycles. The molecule has 1 N–H and O–H groups in total. The van der Waals surface area contributed by atoms with Crippen molar-refractivity contribution in [3.8, 4) is 0 Å². The van der Waals surface area contributed by atoms with Crippen molar-refractivity contribution in [3.63, 3.8) is 0 Å². The van der Waals surface area contributed by atoms with Gasteiger partial charge in [-0.2, -0.15) is 5.10 Å². The monoisotopic (exact) mass is 412 g/mol. The van der Waals surface area contributed by atoms with Gasteiger partial charge >= 0.3 is 0 Å². The lowest BCUT2D eigenvalue weighted by molar-refractivity contribution is -0.133. The molecule has 0 radical (unpaired) electrons. The Kier molecular flexibility index (Phi) is 5.16. The number of aryl methyl sites for hydroxylation is 1. The molecule has 30 heavy (non-hydrogen) atoms. The molecule has 2 heterocycles. The predicted molar refractivity (Wildman–Crippen MR) is 111 cm³/mol. The van der Waals surface area contributed by atoms with E-state index in [4.69, 9.17) is 0 Å². The molecule has 160 valence electrons. The van der Waals surface area contributed by atoms with Crippen LogP contribution in [-0.4, -0.2) is 38.6 Å². The molecule has 1 saturated heterocycles. The van der Waals surface area contributed by atoms with E-state index in [2.05, 4.69) is 10.4 Å². The van der Waals surface area contributed by atoms with Gasteiger partial charge in [-0.15, -0.1) is 0 Å². The Morgan fingerprint density at radius 1 is 1.23 bits per heavy atom. The third kappa shape index (κ3) is 3.98. The van der Waals surface area contributed by atoms with E-state index in [1.54, 1.807) is 16.8 Å². The fourth-order valence-corrected chi connectivity index (χ4v) is 4.72. The summed E-state index contributed by atoms with van der Waals surface area (Å²) in [4.78, 5) is 27.5. The lowest BCUT2D eigenvalue weighted by Crippen LogP contribution is -2.44. The molecule has 1 aliphatic heterocycles. The average molecular weight is 413 g/mol. The van der Waals surface area contributed by atoms with E-state index in [1.165, 1.54) is 12.1 Å². The molecule has 6 nitrogen and oxygen atoms in total. The smallest absolute Gasteiger partial charge is 0.223 e. The van der Waals surface area contributed by atoms with Crippen molar-refractivity contribution in [2.45, 2.75) is 51.1 Å². The van der Waals surface area contributed by atoms with Crippen LogP contribution in [0.5, 0.6) is 0 Å². The van der Waals surface area contributed by atoms with Gasteiger partial charge in [0.05, 0.1) is 12.2 Å². The van der Waals surface area contributed by atoms with Crippen molar-refractivity contribution < 1.29 is 14.0 Å². The van der Waals surface area contributed by atoms with Gasteiger partial charge in [0, 0.05) is 49.1 Å². The first-order valence-electron chi connectivity index (χ1n) is 10.5. The fourth-order valence-electron chi connectivity index (χ4n) is 4.72. The third-order valence-corrected chi connectivity index (χ3v) is 6.18. The molecule has 2 aliphatic rings. The van der Waals surface area contributed by atoms with Gasteiger partial charge in [0.25, 0.3) is 0 Å². The fraction of sp³-hybridized carbons (Fsp3) is 0.522. The van der Waals surface area contributed by atoms with Gasteiger partial charge in [0.1, 0.15) is 5.82 Å². The number of rotatable bonds is 5. The molecule has 0 bridgehead atoms. The van der Waals surface area contributed by atoms with Gasteiger partial charge < -0.3 is 10.2 Å². The first-order valence-corrected chi connectivity index (χ1v) is 10.5. The van der Waals surface area contributed by atoms with Crippen LogP contribution in [0.25, 0.3) is 0 Å². The number of nitrogens with zero attached hydrogens (tertiary/aromatic N) is 3. The Morgan fingerprint density at radius 2 is 1.93 bits per heavy atom. The second-order valence-electron chi connectivity index (χ2n) is 9.54. The van der Waals surface area contributed by atoms with Crippen LogP contribution in [0.15, 0.2) is 36.7 Å². The zero-order valence-electron chi connectivity index (χ0n) is 17.9. The lowest BCUT2D eigenvalue weighted by Gasteiger charge is -2.38. The maximum atomic E-state index is 13.1. The number of halogens is 1. The quantitative estimate of drug-likeness (QED) is 0.820. The van der Waals surface area contributed by atoms with E-state index >= 15 is 0 Å². The Morgan fingerprint density at radius 3 is 2.53 bits per heavy atom. The van der Waals surface area contributed by atoms with Gasteiger partial charge in [-0.1, -0.05) is 12.1 Å². The van der Waals surface area contributed by atoms with Crippen LogP contribution < -0.4 is 5.32 Å². The van der Waals surface area contributed by atoms with E-state index in [0.29, 0.717) is 13.0 Å². The van der Waals surface area contributed by atoms with Crippen LogP contribution in [0.1, 0.15) is 56.7 Å². The highest BCUT2D eigenvalue weighted by Crippen LogP contribution is 2.48. The van der Waals surface area contributed by atoms with Gasteiger partial charge in [0.15, 0.2) is 0 Å². The molecule has 2 amide bonds. The highest BCUT2D eigenvalue weighted by Gasteiger charge is 2.47. The number of nitrogens with one attached hydrogen (secondary N) is 1. The van der Waals surface area contributed by atoms with E-state index in [0.717, 1.165) is 17.5 Å². The molecule has 1 aromatic carbocycles. The number of hydrogen-bond donors (Lipinski definition) is 1. The second kappa shape index (κ2) is 7.52. The van der Waals surface area contributed by atoms with Crippen molar-refractivity contribution in [2.24, 2.45) is 18.9 Å².